The second kappa shape index (κ2) is 12.3. The van der Waals surface area contributed by atoms with E-state index in [-0.39, 0.29) is 54.2 Å². The van der Waals surface area contributed by atoms with E-state index in [1.165, 1.54) is 18.1 Å². The number of hydrogen-bond acceptors (Lipinski definition) is 7. The van der Waals surface area contributed by atoms with Gasteiger partial charge in [0.05, 0.1) is 18.7 Å². The Balaban J connectivity index is 0.00000456. The molecule has 3 rings (SSSR count). The van der Waals surface area contributed by atoms with Gasteiger partial charge in [-0.25, -0.2) is 4.68 Å². The zero-order valence-corrected chi connectivity index (χ0v) is 21.3. The highest BCUT2D eigenvalue weighted by Crippen LogP contribution is 2.25. The Morgan fingerprint density at radius 2 is 1.78 bits per heavy atom. The zero-order chi connectivity index (χ0) is 25.7. The average Bonchev–Trinajstić information content (AvgIpc) is 2.85. The van der Waals surface area contributed by atoms with Crippen LogP contribution in [0.4, 0.5) is 0 Å². The van der Waals surface area contributed by atoms with Crippen molar-refractivity contribution >= 4 is 36.0 Å². The summed E-state index contributed by atoms with van der Waals surface area (Å²) in [5, 5.41) is 14.7. The highest BCUT2D eigenvalue weighted by Gasteiger charge is 2.28. The van der Waals surface area contributed by atoms with Crippen molar-refractivity contribution in [1.82, 2.24) is 20.0 Å². The number of benzene rings is 1. The largest absolute Gasteiger partial charge is 0.469 e. The lowest BCUT2D eigenvalue weighted by molar-refractivity contribution is -0.146. The lowest BCUT2D eigenvalue weighted by atomic mass is 9.86. The van der Waals surface area contributed by atoms with E-state index in [9.17, 15) is 19.2 Å². The third-order valence-corrected chi connectivity index (χ3v) is 6.09. The van der Waals surface area contributed by atoms with Gasteiger partial charge in [0, 0.05) is 31.3 Å². The quantitative estimate of drug-likeness (QED) is 0.281. The van der Waals surface area contributed by atoms with Crippen LogP contribution in [-0.4, -0.2) is 65.5 Å². The summed E-state index contributed by atoms with van der Waals surface area (Å²) < 4.78 is 5.79. The number of likely N-dealkylation sites (N-methyl/N-ethyl adjacent to an activating group) is 1. The lowest BCUT2D eigenvalue weighted by Gasteiger charge is -2.27. The van der Waals surface area contributed by atoms with Crippen LogP contribution < -0.4 is 16.6 Å². The highest BCUT2D eigenvalue weighted by atomic mass is 35.5. The number of nitrogens with zero attached hydrogens (tertiary/aromatic N) is 3. The van der Waals surface area contributed by atoms with Crippen molar-refractivity contribution < 1.29 is 19.1 Å². The summed E-state index contributed by atoms with van der Waals surface area (Å²) in [5.74, 6) is -1.44. The molecule has 194 valence electrons. The predicted molar refractivity (Wildman–Crippen MR) is 136 cm³/mol. The second-order valence-electron chi connectivity index (χ2n) is 8.73. The van der Waals surface area contributed by atoms with Crippen molar-refractivity contribution in [3.63, 3.8) is 0 Å². The number of halogens is 1. The molecule has 0 radical (unpaired) electrons. The number of nitrogens with two attached hydrogens (primary N) is 1. The number of nitrogen functional groups attached to an aromatic ring is 1. The van der Waals surface area contributed by atoms with Gasteiger partial charge in [-0.15, -0.1) is 12.4 Å². The van der Waals surface area contributed by atoms with Gasteiger partial charge in [0.25, 0.3) is 11.5 Å². The fourth-order valence-corrected chi connectivity index (χ4v) is 3.95. The molecule has 2 amide bonds. The van der Waals surface area contributed by atoms with Crippen molar-refractivity contribution in [1.29, 1.82) is 5.41 Å². The molecule has 1 aliphatic carbocycles. The highest BCUT2D eigenvalue weighted by molar-refractivity contribution is 5.96. The monoisotopic (exact) mass is 518 g/mol. The summed E-state index contributed by atoms with van der Waals surface area (Å²) in [6.07, 6.45) is 2.35. The number of amidine groups is 1. The van der Waals surface area contributed by atoms with Gasteiger partial charge in [-0.2, -0.15) is 5.10 Å². The van der Waals surface area contributed by atoms with E-state index < -0.39 is 11.5 Å². The first-order valence-corrected chi connectivity index (χ1v) is 11.3. The average molecular weight is 519 g/mol. The molecule has 0 unspecified atom stereocenters. The molecule has 1 aromatic carbocycles. The molecule has 12 heteroatoms. The molecular weight excluding hydrogens is 488 g/mol. The smallest absolute Gasteiger partial charge is 0.308 e. The van der Waals surface area contributed by atoms with Crippen molar-refractivity contribution in [3.8, 4) is 11.3 Å². The summed E-state index contributed by atoms with van der Waals surface area (Å²) >= 11 is 0. The number of carbonyl (C=O) groups is 3. The molecule has 36 heavy (non-hydrogen) atoms. The van der Waals surface area contributed by atoms with E-state index in [1.54, 1.807) is 38.4 Å². The molecule has 1 aliphatic rings. The number of ether oxygens (including phenoxy) is 1. The van der Waals surface area contributed by atoms with Gasteiger partial charge < -0.3 is 20.7 Å². The van der Waals surface area contributed by atoms with E-state index in [0.717, 1.165) is 4.68 Å². The minimum atomic E-state index is -0.676. The number of nitrogens with one attached hydrogen (secondary N) is 2. The SMILES string of the molecule is COC(=O)[C@H]1CC[C@H](NC(=O)c2cc(-c3ccc(C(=N)N)cc3)nn(CC(=O)N(C)C)c2=O)CC1.Cl. The Morgan fingerprint density at radius 1 is 1.17 bits per heavy atom. The summed E-state index contributed by atoms with van der Waals surface area (Å²) in [5.41, 5.74) is 6.14. The van der Waals surface area contributed by atoms with Gasteiger partial charge in [-0.1, -0.05) is 24.3 Å². The summed E-state index contributed by atoms with van der Waals surface area (Å²) in [6, 6.07) is 7.84. The van der Waals surface area contributed by atoms with E-state index >= 15 is 0 Å². The lowest BCUT2D eigenvalue weighted by Crippen LogP contribution is -2.42. The first kappa shape index (κ1) is 28.5. The van der Waals surface area contributed by atoms with E-state index in [2.05, 4.69) is 10.4 Å². The third kappa shape index (κ3) is 6.69. The van der Waals surface area contributed by atoms with E-state index in [4.69, 9.17) is 15.9 Å². The van der Waals surface area contributed by atoms with Crippen LogP contribution in [0.25, 0.3) is 11.3 Å². The van der Waals surface area contributed by atoms with Gasteiger partial charge in [0.1, 0.15) is 17.9 Å². The Morgan fingerprint density at radius 3 is 2.31 bits per heavy atom. The maximum Gasteiger partial charge on any atom is 0.308 e. The zero-order valence-electron chi connectivity index (χ0n) is 20.4. The third-order valence-electron chi connectivity index (χ3n) is 6.09. The molecule has 1 saturated carbocycles. The molecule has 0 aliphatic heterocycles. The predicted octanol–water partition coefficient (Wildman–Crippen LogP) is 1.17. The fourth-order valence-electron chi connectivity index (χ4n) is 3.95. The Hall–Kier alpha value is -3.73. The maximum absolute atomic E-state index is 13.1. The first-order valence-electron chi connectivity index (χ1n) is 11.3. The second-order valence-corrected chi connectivity index (χ2v) is 8.73. The molecular formula is C24H31ClN6O5. The van der Waals surface area contributed by atoms with Crippen molar-refractivity contribution in [3.05, 3.63) is 51.8 Å². The van der Waals surface area contributed by atoms with Crippen LogP contribution in [0.3, 0.4) is 0 Å². The molecule has 4 N–H and O–H groups in total. The topological polar surface area (TPSA) is 160 Å². The van der Waals surface area contributed by atoms with Crippen molar-refractivity contribution in [2.45, 2.75) is 38.3 Å². The molecule has 1 aromatic heterocycles. The minimum Gasteiger partial charge on any atom is -0.469 e. The molecule has 0 bridgehead atoms. The van der Waals surface area contributed by atoms with Gasteiger partial charge in [0.2, 0.25) is 5.91 Å². The molecule has 1 heterocycles. The molecule has 11 nitrogen and oxygen atoms in total. The van der Waals surface area contributed by atoms with E-state index in [0.29, 0.717) is 42.5 Å². The number of rotatable bonds is 7. The fraction of sp³-hybridized carbons (Fsp3) is 0.417. The van der Waals surface area contributed by atoms with Crippen LogP contribution in [0, 0.1) is 11.3 Å². The minimum absolute atomic E-state index is 0. The van der Waals surface area contributed by atoms with Crippen LogP contribution in [0.5, 0.6) is 0 Å². The van der Waals surface area contributed by atoms with Crippen LogP contribution >= 0.6 is 12.4 Å². The molecule has 1 fully saturated rings. The number of aromatic nitrogens is 2. The summed E-state index contributed by atoms with van der Waals surface area (Å²) in [6.45, 7) is -0.324. The van der Waals surface area contributed by atoms with Gasteiger partial charge in [-0.3, -0.25) is 24.6 Å². The normalized spacial score (nSPS) is 16.9. The van der Waals surface area contributed by atoms with Crippen LogP contribution in [0.15, 0.2) is 35.1 Å². The van der Waals surface area contributed by atoms with Gasteiger partial charge >= 0.3 is 5.97 Å². The van der Waals surface area contributed by atoms with Crippen molar-refractivity contribution in [2.24, 2.45) is 11.7 Å². The maximum atomic E-state index is 13.1. The summed E-state index contributed by atoms with van der Waals surface area (Å²) in [7, 11) is 4.49. The Kier molecular flexibility index (Phi) is 9.74. The number of amides is 2. The van der Waals surface area contributed by atoms with E-state index in [1.807, 2.05) is 0 Å². The molecule has 0 atom stereocenters. The van der Waals surface area contributed by atoms with Crippen molar-refractivity contribution in [2.75, 3.05) is 21.2 Å². The number of hydrogen-bond donors (Lipinski definition) is 3. The van der Waals surface area contributed by atoms with Crippen LogP contribution in [0.1, 0.15) is 41.6 Å². The molecule has 0 saturated heterocycles. The number of carbonyl (C=O) groups excluding carboxylic acids is 3. The van der Waals surface area contributed by atoms with Gasteiger partial charge in [-0.05, 0) is 31.7 Å². The standard InChI is InChI=1S/C24H30N6O5.ClH/c1-29(2)20(31)13-30-23(33)18(12-19(28-30)14-4-6-15(7-5-14)21(25)26)22(32)27-17-10-8-16(9-11-17)24(34)35-3;/h4-7,12,16-17H,8-11,13H2,1-3H3,(H3,25,26)(H,27,32);1H/t16-,17-;. The number of methoxy groups -OCH3 is 1. The summed E-state index contributed by atoms with van der Waals surface area (Å²) in [4.78, 5) is 51.6. The van der Waals surface area contributed by atoms with Gasteiger partial charge in [0.15, 0.2) is 0 Å². The number of esters is 1. The first-order chi connectivity index (χ1) is 16.6. The van der Waals surface area contributed by atoms with Crippen LogP contribution in [-0.2, 0) is 20.9 Å². The molecule has 0 spiro atoms. The molecule has 2 aromatic rings. The Labute approximate surface area is 214 Å². The van der Waals surface area contributed by atoms with Crippen LogP contribution in [0.2, 0.25) is 0 Å². The Bertz CT molecular complexity index is 1190.